The van der Waals surface area contributed by atoms with E-state index in [9.17, 15) is 9.59 Å². The van der Waals surface area contributed by atoms with Gasteiger partial charge in [-0.15, -0.1) is 0 Å². The summed E-state index contributed by atoms with van der Waals surface area (Å²) < 4.78 is 0. The average Bonchev–Trinajstić information content (AvgIpc) is 2.95. The molecule has 25 heavy (non-hydrogen) atoms. The van der Waals surface area contributed by atoms with Gasteiger partial charge in [0.05, 0.1) is 0 Å². The van der Waals surface area contributed by atoms with Crippen LogP contribution in [0.2, 0.25) is 0 Å². The van der Waals surface area contributed by atoms with Gasteiger partial charge in [-0.05, 0) is 44.4 Å². The number of carbonyl (C=O) groups excluding carboxylic acids is 2. The first-order chi connectivity index (χ1) is 12.1. The Morgan fingerprint density at radius 1 is 1.12 bits per heavy atom. The highest BCUT2D eigenvalue weighted by Gasteiger charge is 2.52. The summed E-state index contributed by atoms with van der Waals surface area (Å²) in [6, 6.07) is 17.7. The van der Waals surface area contributed by atoms with Crippen LogP contribution < -0.4 is 10.2 Å². The first kappa shape index (κ1) is 17.2. The van der Waals surface area contributed by atoms with E-state index in [1.807, 2.05) is 68.4 Å². The zero-order valence-electron chi connectivity index (χ0n) is 14.8. The fraction of sp³-hybridized carbons (Fsp3) is 0.333. The van der Waals surface area contributed by atoms with Gasteiger partial charge in [0.2, 0.25) is 11.8 Å². The third kappa shape index (κ3) is 3.29. The molecule has 1 atom stereocenters. The fourth-order valence-corrected chi connectivity index (χ4v) is 3.47. The number of hydrogen-bond acceptors (Lipinski definition) is 2. The Kier molecular flexibility index (Phi) is 4.88. The number of nitrogens with zero attached hydrogens (tertiary/aromatic N) is 1. The Hall–Kier alpha value is -2.62. The minimum absolute atomic E-state index is 0.105. The standard InChI is InChI=1S/C21H24N2O2/c1-3-22-19(24)21(15-17-7-5-4-6-8-17)13-14-23(20(21)25)18-11-9-16(2)10-12-18/h4-12H,3,13-15H2,1-2H3,(H,22,24)/t21-/m1/s1. The van der Waals surface area contributed by atoms with Crippen molar-refractivity contribution in [3.05, 3.63) is 65.7 Å². The molecule has 3 rings (SSSR count). The van der Waals surface area contributed by atoms with E-state index in [0.717, 1.165) is 16.8 Å². The molecule has 1 saturated heterocycles. The maximum absolute atomic E-state index is 13.3. The minimum atomic E-state index is -1.03. The van der Waals surface area contributed by atoms with Crippen LogP contribution in [0, 0.1) is 12.3 Å². The molecule has 4 nitrogen and oxygen atoms in total. The van der Waals surface area contributed by atoms with Gasteiger partial charge in [0, 0.05) is 18.8 Å². The second kappa shape index (κ2) is 7.09. The zero-order chi connectivity index (χ0) is 17.9. The van der Waals surface area contributed by atoms with Crippen LogP contribution >= 0.6 is 0 Å². The van der Waals surface area contributed by atoms with E-state index in [-0.39, 0.29) is 11.8 Å². The predicted octanol–water partition coefficient (Wildman–Crippen LogP) is 3.10. The molecule has 130 valence electrons. The van der Waals surface area contributed by atoms with Crippen molar-refractivity contribution in [2.75, 3.05) is 18.0 Å². The van der Waals surface area contributed by atoms with Gasteiger partial charge in [0.1, 0.15) is 5.41 Å². The molecule has 2 aromatic carbocycles. The Morgan fingerprint density at radius 3 is 2.44 bits per heavy atom. The highest BCUT2D eigenvalue weighted by atomic mass is 16.2. The number of anilines is 1. The molecule has 0 spiro atoms. The van der Waals surface area contributed by atoms with Crippen molar-refractivity contribution in [2.24, 2.45) is 5.41 Å². The molecule has 2 aromatic rings. The molecule has 1 N–H and O–H groups in total. The van der Waals surface area contributed by atoms with E-state index < -0.39 is 5.41 Å². The molecule has 4 heteroatoms. The van der Waals surface area contributed by atoms with Crippen molar-refractivity contribution in [1.29, 1.82) is 0 Å². The molecular formula is C21H24N2O2. The number of amides is 2. The Morgan fingerprint density at radius 2 is 1.80 bits per heavy atom. The minimum Gasteiger partial charge on any atom is -0.355 e. The van der Waals surface area contributed by atoms with Gasteiger partial charge in [-0.25, -0.2) is 0 Å². The van der Waals surface area contributed by atoms with Gasteiger partial charge in [-0.1, -0.05) is 48.0 Å². The van der Waals surface area contributed by atoms with E-state index in [2.05, 4.69) is 5.32 Å². The van der Waals surface area contributed by atoms with Crippen molar-refractivity contribution < 1.29 is 9.59 Å². The van der Waals surface area contributed by atoms with Crippen molar-refractivity contribution >= 4 is 17.5 Å². The highest BCUT2D eigenvalue weighted by molar-refractivity contribution is 6.13. The van der Waals surface area contributed by atoms with E-state index in [4.69, 9.17) is 0 Å². The third-order valence-electron chi connectivity index (χ3n) is 4.88. The molecule has 0 aromatic heterocycles. The van der Waals surface area contributed by atoms with Crippen LogP contribution in [0.25, 0.3) is 0 Å². The normalized spacial score (nSPS) is 19.9. The molecule has 1 fully saturated rings. The summed E-state index contributed by atoms with van der Waals surface area (Å²) in [4.78, 5) is 27.9. The smallest absolute Gasteiger partial charge is 0.243 e. The van der Waals surface area contributed by atoms with E-state index in [0.29, 0.717) is 25.9 Å². The highest BCUT2D eigenvalue weighted by Crippen LogP contribution is 2.38. The predicted molar refractivity (Wildman–Crippen MR) is 99.4 cm³/mol. The number of nitrogens with one attached hydrogen (secondary N) is 1. The lowest BCUT2D eigenvalue weighted by Gasteiger charge is -2.27. The van der Waals surface area contributed by atoms with Crippen LogP contribution in [0.3, 0.4) is 0 Å². The summed E-state index contributed by atoms with van der Waals surface area (Å²) >= 11 is 0. The summed E-state index contributed by atoms with van der Waals surface area (Å²) in [7, 11) is 0. The van der Waals surface area contributed by atoms with Crippen molar-refractivity contribution in [2.45, 2.75) is 26.7 Å². The number of hydrogen-bond donors (Lipinski definition) is 1. The molecular weight excluding hydrogens is 312 g/mol. The van der Waals surface area contributed by atoms with Gasteiger partial charge in [-0.2, -0.15) is 0 Å². The van der Waals surface area contributed by atoms with E-state index in [1.54, 1.807) is 4.90 Å². The lowest BCUT2D eigenvalue weighted by Crippen LogP contribution is -2.48. The van der Waals surface area contributed by atoms with Crippen LogP contribution in [0.5, 0.6) is 0 Å². The number of aryl methyl sites for hydroxylation is 1. The Labute approximate surface area is 148 Å². The van der Waals surface area contributed by atoms with Gasteiger partial charge >= 0.3 is 0 Å². The van der Waals surface area contributed by atoms with E-state index in [1.165, 1.54) is 0 Å². The maximum atomic E-state index is 13.3. The molecule has 0 saturated carbocycles. The molecule has 0 aliphatic carbocycles. The zero-order valence-corrected chi connectivity index (χ0v) is 14.8. The maximum Gasteiger partial charge on any atom is 0.243 e. The third-order valence-corrected chi connectivity index (χ3v) is 4.88. The average molecular weight is 336 g/mol. The summed E-state index contributed by atoms with van der Waals surface area (Å²) in [5.74, 6) is -0.273. The van der Waals surface area contributed by atoms with Crippen molar-refractivity contribution in [3.8, 4) is 0 Å². The second-order valence-electron chi connectivity index (χ2n) is 6.65. The van der Waals surface area contributed by atoms with E-state index >= 15 is 0 Å². The summed E-state index contributed by atoms with van der Waals surface area (Å²) in [6.07, 6.45) is 0.960. The van der Waals surface area contributed by atoms with Gasteiger partial charge in [0.25, 0.3) is 0 Å². The molecule has 0 radical (unpaired) electrons. The number of benzene rings is 2. The largest absolute Gasteiger partial charge is 0.355 e. The second-order valence-corrected chi connectivity index (χ2v) is 6.65. The van der Waals surface area contributed by atoms with Crippen LogP contribution in [0.15, 0.2) is 54.6 Å². The van der Waals surface area contributed by atoms with Crippen LogP contribution in [0.1, 0.15) is 24.5 Å². The molecule has 1 aliphatic rings. The van der Waals surface area contributed by atoms with Crippen LogP contribution in [-0.4, -0.2) is 24.9 Å². The fourth-order valence-electron chi connectivity index (χ4n) is 3.47. The van der Waals surface area contributed by atoms with Crippen LogP contribution in [0.4, 0.5) is 5.69 Å². The number of rotatable bonds is 5. The summed E-state index contributed by atoms with van der Waals surface area (Å²) in [5.41, 5.74) is 1.99. The topological polar surface area (TPSA) is 49.4 Å². The van der Waals surface area contributed by atoms with Crippen molar-refractivity contribution in [1.82, 2.24) is 5.32 Å². The van der Waals surface area contributed by atoms with Crippen molar-refractivity contribution in [3.63, 3.8) is 0 Å². The molecule has 0 bridgehead atoms. The molecule has 1 heterocycles. The van der Waals surface area contributed by atoms with Gasteiger partial charge in [0.15, 0.2) is 0 Å². The number of carbonyl (C=O) groups is 2. The quantitative estimate of drug-likeness (QED) is 0.853. The first-order valence-electron chi connectivity index (χ1n) is 8.78. The molecule has 1 aliphatic heterocycles. The lowest BCUT2D eigenvalue weighted by molar-refractivity contribution is -0.139. The Bertz CT molecular complexity index is 755. The first-order valence-corrected chi connectivity index (χ1v) is 8.78. The van der Waals surface area contributed by atoms with Gasteiger partial charge in [-0.3, -0.25) is 9.59 Å². The van der Waals surface area contributed by atoms with Gasteiger partial charge < -0.3 is 10.2 Å². The molecule has 2 amide bonds. The molecule has 0 unspecified atom stereocenters. The summed E-state index contributed by atoms with van der Waals surface area (Å²) in [5, 5.41) is 2.87. The summed E-state index contributed by atoms with van der Waals surface area (Å²) in [6.45, 7) is 4.98. The monoisotopic (exact) mass is 336 g/mol. The Balaban J connectivity index is 1.93. The van der Waals surface area contributed by atoms with Crippen LogP contribution in [-0.2, 0) is 16.0 Å². The SMILES string of the molecule is CCNC(=O)[C@]1(Cc2ccccc2)CCN(c2ccc(C)cc2)C1=O. The lowest BCUT2D eigenvalue weighted by atomic mass is 9.79.